The van der Waals surface area contributed by atoms with Gasteiger partial charge in [-0.2, -0.15) is 4.31 Å². The standard InChI is InChI=1S/C21H29N5O4S/c1-16(2)25(3)31(28,29)19-6-4-18(5-7-19)24-21(27)23-15-17-8-9-22-20(14-17)26-10-12-30-13-11-26/h4-9,14,16H,10-13,15H2,1-3H3,(H2,23,24,27). The number of carbonyl (C=O) groups is 1. The van der Waals surface area contributed by atoms with E-state index in [9.17, 15) is 13.2 Å². The normalized spacial score (nSPS) is 14.7. The van der Waals surface area contributed by atoms with Crippen molar-refractivity contribution < 1.29 is 17.9 Å². The molecule has 1 aliphatic rings. The molecule has 1 aliphatic heterocycles. The second-order valence-corrected chi connectivity index (χ2v) is 9.57. The van der Waals surface area contributed by atoms with Gasteiger partial charge in [-0.05, 0) is 55.8 Å². The molecule has 0 saturated carbocycles. The number of amides is 2. The van der Waals surface area contributed by atoms with Gasteiger partial charge < -0.3 is 20.3 Å². The van der Waals surface area contributed by atoms with Crippen LogP contribution in [0.15, 0.2) is 47.5 Å². The Kier molecular flexibility index (Phi) is 7.47. The molecule has 3 rings (SSSR count). The van der Waals surface area contributed by atoms with Gasteiger partial charge in [0.1, 0.15) is 5.82 Å². The highest BCUT2D eigenvalue weighted by atomic mass is 32.2. The number of anilines is 2. The van der Waals surface area contributed by atoms with E-state index in [0.717, 1.165) is 24.5 Å². The van der Waals surface area contributed by atoms with E-state index in [4.69, 9.17) is 4.74 Å². The van der Waals surface area contributed by atoms with E-state index in [1.165, 1.54) is 16.4 Å². The summed E-state index contributed by atoms with van der Waals surface area (Å²) in [5, 5.41) is 5.53. The van der Waals surface area contributed by atoms with Gasteiger partial charge in [0.25, 0.3) is 0 Å². The average Bonchev–Trinajstić information content (AvgIpc) is 2.78. The smallest absolute Gasteiger partial charge is 0.319 e. The highest BCUT2D eigenvalue weighted by Gasteiger charge is 2.22. The Morgan fingerprint density at radius 1 is 1.19 bits per heavy atom. The molecule has 0 radical (unpaired) electrons. The number of urea groups is 1. The molecule has 2 aromatic rings. The summed E-state index contributed by atoms with van der Waals surface area (Å²) in [7, 11) is -2.01. The first-order valence-electron chi connectivity index (χ1n) is 10.2. The fourth-order valence-electron chi connectivity index (χ4n) is 3.05. The third kappa shape index (κ3) is 5.93. The third-order valence-corrected chi connectivity index (χ3v) is 7.16. The molecule has 168 valence electrons. The molecule has 9 nitrogen and oxygen atoms in total. The zero-order valence-corrected chi connectivity index (χ0v) is 18.9. The molecule has 31 heavy (non-hydrogen) atoms. The Morgan fingerprint density at radius 2 is 1.87 bits per heavy atom. The lowest BCUT2D eigenvalue weighted by Crippen LogP contribution is -2.36. The molecule has 0 spiro atoms. The molecule has 0 bridgehead atoms. The minimum atomic E-state index is -3.56. The molecule has 2 amide bonds. The lowest BCUT2D eigenvalue weighted by atomic mass is 10.2. The van der Waals surface area contributed by atoms with Crippen molar-refractivity contribution in [1.82, 2.24) is 14.6 Å². The van der Waals surface area contributed by atoms with Gasteiger partial charge in [-0.3, -0.25) is 0 Å². The number of pyridine rings is 1. The van der Waals surface area contributed by atoms with Gasteiger partial charge in [-0.1, -0.05) is 0 Å². The number of aromatic nitrogens is 1. The largest absolute Gasteiger partial charge is 0.378 e. The lowest BCUT2D eigenvalue weighted by molar-refractivity contribution is 0.122. The number of hydrogen-bond donors (Lipinski definition) is 2. The fourth-order valence-corrected chi connectivity index (χ4v) is 4.42. The van der Waals surface area contributed by atoms with Crippen LogP contribution in [0.1, 0.15) is 19.4 Å². The van der Waals surface area contributed by atoms with Crippen LogP contribution in [-0.2, 0) is 21.3 Å². The summed E-state index contributed by atoms with van der Waals surface area (Å²) in [6, 6.07) is 9.41. The number of nitrogens with zero attached hydrogens (tertiary/aromatic N) is 3. The SMILES string of the molecule is CC(C)N(C)S(=O)(=O)c1ccc(NC(=O)NCc2ccnc(N3CCOCC3)c2)cc1. The molecule has 1 aromatic heterocycles. The average molecular weight is 448 g/mol. The van der Waals surface area contributed by atoms with Crippen LogP contribution in [0.2, 0.25) is 0 Å². The maximum absolute atomic E-state index is 12.5. The quantitative estimate of drug-likeness (QED) is 0.675. The van der Waals surface area contributed by atoms with E-state index in [-0.39, 0.29) is 17.0 Å². The van der Waals surface area contributed by atoms with Gasteiger partial charge in [0, 0.05) is 44.6 Å². The number of nitrogens with one attached hydrogen (secondary N) is 2. The summed E-state index contributed by atoms with van der Waals surface area (Å²) >= 11 is 0. The van der Waals surface area contributed by atoms with Crippen molar-refractivity contribution in [2.45, 2.75) is 31.3 Å². The fraction of sp³-hybridized carbons (Fsp3) is 0.429. The zero-order valence-electron chi connectivity index (χ0n) is 18.0. The van der Waals surface area contributed by atoms with Crippen molar-refractivity contribution in [3.63, 3.8) is 0 Å². The molecule has 10 heteroatoms. The first kappa shape index (κ1) is 23.0. The van der Waals surface area contributed by atoms with Crippen molar-refractivity contribution in [3.8, 4) is 0 Å². The zero-order chi connectivity index (χ0) is 22.4. The number of rotatable bonds is 7. The lowest BCUT2D eigenvalue weighted by Gasteiger charge is -2.28. The summed E-state index contributed by atoms with van der Waals surface area (Å²) in [6.45, 7) is 6.92. The van der Waals surface area contributed by atoms with E-state index in [1.54, 1.807) is 25.4 Å². The molecule has 0 aliphatic carbocycles. The molecule has 0 atom stereocenters. The van der Waals surface area contributed by atoms with Crippen LogP contribution in [0.5, 0.6) is 0 Å². The van der Waals surface area contributed by atoms with Crippen molar-refractivity contribution in [2.24, 2.45) is 0 Å². The minimum Gasteiger partial charge on any atom is -0.378 e. The molecule has 1 aromatic carbocycles. The number of ether oxygens (including phenoxy) is 1. The van der Waals surface area contributed by atoms with Gasteiger partial charge in [0.05, 0.1) is 18.1 Å². The van der Waals surface area contributed by atoms with E-state index < -0.39 is 10.0 Å². The van der Waals surface area contributed by atoms with Gasteiger partial charge in [0.2, 0.25) is 10.0 Å². The highest BCUT2D eigenvalue weighted by molar-refractivity contribution is 7.89. The number of morpholine rings is 1. The van der Waals surface area contributed by atoms with Crippen LogP contribution in [-0.4, -0.2) is 63.1 Å². The van der Waals surface area contributed by atoms with E-state index >= 15 is 0 Å². The van der Waals surface area contributed by atoms with Gasteiger partial charge in [-0.15, -0.1) is 0 Å². The number of benzene rings is 1. The predicted octanol–water partition coefficient (Wildman–Crippen LogP) is 2.27. The number of hydrogen-bond acceptors (Lipinski definition) is 6. The topological polar surface area (TPSA) is 104 Å². The summed E-state index contributed by atoms with van der Waals surface area (Å²) in [4.78, 5) is 19.0. The summed E-state index contributed by atoms with van der Waals surface area (Å²) in [5.74, 6) is 0.867. The minimum absolute atomic E-state index is 0.148. The Bertz CT molecular complexity index is 989. The van der Waals surface area contributed by atoms with E-state index in [2.05, 4.69) is 20.5 Å². The maximum Gasteiger partial charge on any atom is 0.319 e. The molecular weight excluding hydrogens is 418 g/mol. The van der Waals surface area contributed by atoms with Crippen LogP contribution in [0, 0.1) is 0 Å². The van der Waals surface area contributed by atoms with E-state index in [0.29, 0.717) is 25.4 Å². The molecule has 1 fully saturated rings. The van der Waals surface area contributed by atoms with Crippen LogP contribution in [0.25, 0.3) is 0 Å². The van der Waals surface area contributed by atoms with Crippen molar-refractivity contribution in [3.05, 3.63) is 48.2 Å². The molecule has 2 heterocycles. The molecule has 2 N–H and O–H groups in total. The Morgan fingerprint density at radius 3 is 2.52 bits per heavy atom. The van der Waals surface area contributed by atoms with Crippen LogP contribution < -0.4 is 15.5 Å². The van der Waals surface area contributed by atoms with Crippen molar-refractivity contribution in [2.75, 3.05) is 43.6 Å². The van der Waals surface area contributed by atoms with Gasteiger partial charge in [-0.25, -0.2) is 18.2 Å². The summed E-state index contributed by atoms with van der Waals surface area (Å²) in [5.41, 5.74) is 1.44. The molecule has 0 unspecified atom stereocenters. The van der Waals surface area contributed by atoms with Gasteiger partial charge >= 0.3 is 6.03 Å². The van der Waals surface area contributed by atoms with Crippen LogP contribution in [0.4, 0.5) is 16.3 Å². The van der Waals surface area contributed by atoms with Crippen molar-refractivity contribution >= 4 is 27.6 Å². The van der Waals surface area contributed by atoms with E-state index in [1.807, 2.05) is 26.0 Å². The first-order valence-corrected chi connectivity index (χ1v) is 11.6. The van der Waals surface area contributed by atoms with Gasteiger partial charge in [0.15, 0.2) is 0 Å². The predicted molar refractivity (Wildman–Crippen MR) is 120 cm³/mol. The Hall–Kier alpha value is -2.69. The second kappa shape index (κ2) is 10.1. The first-order chi connectivity index (χ1) is 14.8. The number of sulfonamides is 1. The van der Waals surface area contributed by atoms with Crippen LogP contribution >= 0.6 is 0 Å². The Labute approximate surface area is 183 Å². The second-order valence-electron chi connectivity index (χ2n) is 7.57. The Balaban J connectivity index is 1.55. The van der Waals surface area contributed by atoms with Crippen LogP contribution in [0.3, 0.4) is 0 Å². The van der Waals surface area contributed by atoms with Crippen molar-refractivity contribution in [1.29, 1.82) is 0 Å². The highest BCUT2D eigenvalue weighted by Crippen LogP contribution is 2.19. The summed E-state index contributed by atoms with van der Waals surface area (Å²) in [6.07, 6.45) is 1.73. The monoisotopic (exact) mass is 447 g/mol. The summed E-state index contributed by atoms with van der Waals surface area (Å²) < 4.78 is 31.7. The number of carbonyl (C=O) groups excluding carboxylic acids is 1. The maximum atomic E-state index is 12.5. The third-order valence-electron chi connectivity index (χ3n) is 5.11. The molecule has 1 saturated heterocycles. The molecular formula is C21H29N5O4S.